The summed E-state index contributed by atoms with van der Waals surface area (Å²) in [6.07, 6.45) is 0. The summed E-state index contributed by atoms with van der Waals surface area (Å²) in [6.45, 7) is 1.53. The SMILES string of the molecule is CN(C)CCOc1cccc(-c2nc(-c3ccccc3)c(-c3ccccc3)[nH]2)c1. The number of imidazole rings is 1. The molecule has 0 spiro atoms. The van der Waals surface area contributed by atoms with E-state index in [1.54, 1.807) is 0 Å². The molecule has 4 aromatic rings. The Morgan fingerprint density at radius 3 is 2.14 bits per heavy atom. The van der Waals surface area contributed by atoms with Gasteiger partial charge in [0.15, 0.2) is 0 Å². The van der Waals surface area contributed by atoms with Crippen LogP contribution in [0.2, 0.25) is 0 Å². The normalized spacial score (nSPS) is 11.0. The number of ether oxygens (including phenoxy) is 1. The second-order valence-electron chi connectivity index (χ2n) is 7.22. The highest BCUT2D eigenvalue weighted by molar-refractivity contribution is 5.81. The van der Waals surface area contributed by atoms with Gasteiger partial charge in [-0.3, -0.25) is 0 Å². The minimum Gasteiger partial charge on any atom is -0.492 e. The highest BCUT2D eigenvalue weighted by Crippen LogP contribution is 2.33. The average molecular weight is 383 g/mol. The second-order valence-corrected chi connectivity index (χ2v) is 7.22. The summed E-state index contributed by atoms with van der Waals surface area (Å²) in [5.74, 6) is 1.68. The summed E-state index contributed by atoms with van der Waals surface area (Å²) >= 11 is 0. The summed E-state index contributed by atoms with van der Waals surface area (Å²) in [7, 11) is 4.08. The van der Waals surface area contributed by atoms with Crippen molar-refractivity contribution in [2.75, 3.05) is 27.2 Å². The molecule has 4 heteroatoms. The van der Waals surface area contributed by atoms with Crippen molar-refractivity contribution in [2.45, 2.75) is 0 Å². The van der Waals surface area contributed by atoms with Crippen LogP contribution >= 0.6 is 0 Å². The molecule has 29 heavy (non-hydrogen) atoms. The van der Waals surface area contributed by atoms with Crippen LogP contribution in [0, 0.1) is 0 Å². The molecule has 0 aliphatic heterocycles. The van der Waals surface area contributed by atoms with E-state index in [-0.39, 0.29) is 0 Å². The van der Waals surface area contributed by atoms with Crippen molar-refractivity contribution < 1.29 is 4.74 Å². The number of nitrogens with zero attached hydrogens (tertiary/aromatic N) is 2. The van der Waals surface area contributed by atoms with E-state index in [0.717, 1.165) is 46.2 Å². The monoisotopic (exact) mass is 383 g/mol. The maximum atomic E-state index is 5.90. The molecule has 0 saturated carbocycles. The van der Waals surface area contributed by atoms with Gasteiger partial charge in [0.25, 0.3) is 0 Å². The van der Waals surface area contributed by atoms with E-state index in [0.29, 0.717) is 6.61 Å². The molecule has 0 aliphatic carbocycles. The number of aromatic amines is 1. The van der Waals surface area contributed by atoms with E-state index in [2.05, 4.69) is 40.2 Å². The molecule has 0 aliphatic rings. The topological polar surface area (TPSA) is 41.1 Å². The van der Waals surface area contributed by atoms with E-state index in [4.69, 9.17) is 9.72 Å². The van der Waals surface area contributed by atoms with Gasteiger partial charge in [0, 0.05) is 23.2 Å². The summed E-state index contributed by atoms with van der Waals surface area (Å²) in [5, 5.41) is 0. The van der Waals surface area contributed by atoms with E-state index in [1.165, 1.54) is 0 Å². The van der Waals surface area contributed by atoms with Crippen LogP contribution in [0.5, 0.6) is 5.75 Å². The predicted octanol–water partition coefficient (Wildman–Crippen LogP) is 5.35. The molecular weight excluding hydrogens is 358 g/mol. The number of benzene rings is 3. The quantitative estimate of drug-likeness (QED) is 0.468. The average Bonchev–Trinajstić information content (AvgIpc) is 3.21. The maximum Gasteiger partial charge on any atom is 0.138 e. The third-order valence-corrected chi connectivity index (χ3v) is 4.73. The van der Waals surface area contributed by atoms with Gasteiger partial charge in [-0.1, -0.05) is 72.8 Å². The van der Waals surface area contributed by atoms with Gasteiger partial charge in [0.1, 0.15) is 18.2 Å². The van der Waals surface area contributed by atoms with Crippen molar-refractivity contribution in [3.8, 4) is 39.7 Å². The molecular formula is C25H25N3O. The summed E-state index contributed by atoms with van der Waals surface area (Å²) < 4.78 is 5.90. The lowest BCUT2D eigenvalue weighted by Gasteiger charge is -2.11. The van der Waals surface area contributed by atoms with Crippen molar-refractivity contribution in [3.05, 3.63) is 84.9 Å². The zero-order chi connectivity index (χ0) is 20.1. The number of hydrogen-bond donors (Lipinski definition) is 1. The lowest BCUT2D eigenvalue weighted by molar-refractivity contribution is 0.261. The Bertz CT molecular complexity index is 999. The smallest absolute Gasteiger partial charge is 0.138 e. The van der Waals surface area contributed by atoms with Gasteiger partial charge in [-0.15, -0.1) is 0 Å². The van der Waals surface area contributed by atoms with Gasteiger partial charge < -0.3 is 14.6 Å². The standard InChI is InChI=1S/C25H25N3O/c1-28(2)16-17-29-22-15-9-14-21(18-22)25-26-23(19-10-5-3-6-11-19)24(27-25)20-12-7-4-8-13-20/h3-15,18H,16-17H2,1-2H3,(H,26,27). The predicted molar refractivity (Wildman–Crippen MR) is 119 cm³/mol. The molecule has 0 atom stereocenters. The van der Waals surface area contributed by atoms with Crippen LogP contribution in [0.1, 0.15) is 0 Å². The number of nitrogens with one attached hydrogen (secondary N) is 1. The lowest BCUT2D eigenvalue weighted by Crippen LogP contribution is -2.19. The molecule has 0 fully saturated rings. The van der Waals surface area contributed by atoms with Crippen LogP contribution in [0.3, 0.4) is 0 Å². The molecule has 0 bridgehead atoms. The van der Waals surface area contributed by atoms with Gasteiger partial charge >= 0.3 is 0 Å². The summed E-state index contributed by atoms with van der Waals surface area (Å²) in [6, 6.07) is 28.7. The molecule has 0 radical (unpaired) electrons. The van der Waals surface area contributed by atoms with Crippen LogP contribution in [-0.4, -0.2) is 42.1 Å². The third kappa shape index (κ3) is 4.55. The Morgan fingerprint density at radius 2 is 1.45 bits per heavy atom. The molecule has 1 N–H and O–H groups in total. The van der Waals surface area contributed by atoms with Crippen LogP contribution in [0.25, 0.3) is 33.9 Å². The molecule has 0 amide bonds. The Labute approximate surface area is 171 Å². The Balaban J connectivity index is 1.71. The first-order valence-electron chi connectivity index (χ1n) is 9.79. The van der Waals surface area contributed by atoms with Crippen molar-refractivity contribution in [1.82, 2.24) is 14.9 Å². The molecule has 146 valence electrons. The van der Waals surface area contributed by atoms with Gasteiger partial charge in [-0.25, -0.2) is 4.98 Å². The second kappa shape index (κ2) is 8.76. The van der Waals surface area contributed by atoms with Crippen molar-refractivity contribution in [1.29, 1.82) is 0 Å². The van der Waals surface area contributed by atoms with Gasteiger partial charge in [0.2, 0.25) is 0 Å². The van der Waals surface area contributed by atoms with E-state index in [1.807, 2.05) is 68.7 Å². The van der Waals surface area contributed by atoms with Crippen LogP contribution in [0.15, 0.2) is 84.9 Å². The number of rotatable bonds is 7. The van der Waals surface area contributed by atoms with Gasteiger partial charge in [0.05, 0.1) is 11.4 Å². The van der Waals surface area contributed by atoms with Crippen LogP contribution < -0.4 is 4.74 Å². The molecule has 0 unspecified atom stereocenters. The Kier molecular flexibility index (Phi) is 5.73. The van der Waals surface area contributed by atoms with Gasteiger partial charge in [-0.05, 0) is 26.2 Å². The first-order chi connectivity index (χ1) is 14.2. The summed E-state index contributed by atoms with van der Waals surface area (Å²) in [4.78, 5) is 10.6. The first kappa shape index (κ1) is 19.0. The summed E-state index contributed by atoms with van der Waals surface area (Å²) in [5.41, 5.74) is 5.18. The third-order valence-electron chi connectivity index (χ3n) is 4.73. The van der Waals surface area contributed by atoms with Crippen molar-refractivity contribution >= 4 is 0 Å². The van der Waals surface area contributed by atoms with Crippen LogP contribution in [-0.2, 0) is 0 Å². The fraction of sp³-hybridized carbons (Fsp3) is 0.160. The Morgan fingerprint density at radius 1 is 0.793 bits per heavy atom. The highest BCUT2D eigenvalue weighted by atomic mass is 16.5. The van der Waals surface area contributed by atoms with Crippen molar-refractivity contribution in [3.63, 3.8) is 0 Å². The van der Waals surface area contributed by atoms with Crippen molar-refractivity contribution in [2.24, 2.45) is 0 Å². The zero-order valence-electron chi connectivity index (χ0n) is 16.8. The molecule has 0 saturated heterocycles. The molecule has 1 aromatic heterocycles. The fourth-order valence-electron chi connectivity index (χ4n) is 3.21. The largest absolute Gasteiger partial charge is 0.492 e. The van der Waals surface area contributed by atoms with Gasteiger partial charge in [-0.2, -0.15) is 0 Å². The minimum atomic E-state index is 0.652. The number of aromatic nitrogens is 2. The highest BCUT2D eigenvalue weighted by Gasteiger charge is 2.15. The number of hydrogen-bond acceptors (Lipinski definition) is 3. The molecule has 4 rings (SSSR count). The minimum absolute atomic E-state index is 0.652. The molecule has 1 heterocycles. The zero-order valence-corrected chi connectivity index (χ0v) is 16.8. The first-order valence-corrected chi connectivity index (χ1v) is 9.79. The van der Waals surface area contributed by atoms with E-state index >= 15 is 0 Å². The lowest BCUT2D eigenvalue weighted by atomic mass is 10.1. The van der Waals surface area contributed by atoms with Crippen LogP contribution in [0.4, 0.5) is 0 Å². The van der Waals surface area contributed by atoms with E-state index < -0.39 is 0 Å². The maximum absolute atomic E-state index is 5.90. The number of likely N-dealkylation sites (N-methyl/N-ethyl adjacent to an activating group) is 1. The molecule has 3 aromatic carbocycles. The fourth-order valence-corrected chi connectivity index (χ4v) is 3.21. The number of H-pyrrole nitrogens is 1. The molecule has 4 nitrogen and oxygen atoms in total. The van der Waals surface area contributed by atoms with E-state index in [9.17, 15) is 0 Å². The Hall–Kier alpha value is -3.37.